The maximum Gasteiger partial charge on any atom is 0.275 e. The first-order valence-corrected chi connectivity index (χ1v) is 10.2. The highest BCUT2D eigenvalue weighted by molar-refractivity contribution is 5.93. The van der Waals surface area contributed by atoms with Crippen LogP contribution in [-0.4, -0.2) is 35.6 Å². The van der Waals surface area contributed by atoms with Crippen LogP contribution in [0.4, 0.5) is 0 Å². The van der Waals surface area contributed by atoms with Gasteiger partial charge in [0, 0.05) is 23.3 Å². The van der Waals surface area contributed by atoms with Gasteiger partial charge in [0.2, 0.25) is 0 Å². The molecule has 2 heterocycles. The predicted molar refractivity (Wildman–Crippen MR) is 119 cm³/mol. The van der Waals surface area contributed by atoms with E-state index in [1.54, 1.807) is 12.1 Å². The molecule has 33 heavy (non-hydrogen) atoms. The molecule has 0 bridgehead atoms. The Morgan fingerprint density at radius 1 is 0.727 bits per heavy atom. The predicted octanol–water partition coefficient (Wildman–Crippen LogP) is 3.70. The lowest BCUT2D eigenvalue weighted by Gasteiger charge is -2.05. The molecular weight excluding hydrogens is 424 g/mol. The number of carbonyl (C=O) groups excluding carboxylic acids is 2. The molecule has 0 aliphatic rings. The van der Waals surface area contributed by atoms with Crippen molar-refractivity contribution < 1.29 is 23.4 Å². The fraction of sp³-hybridized carbons (Fsp3) is 0.167. The van der Waals surface area contributed by atoms with Crippen LogP contribution >= 0.6 is 0 Å². The summed E-state index contributed by atoms with van der Waals surface area (Å²) in [7, 11) is 0. The first kappa shape index (κ1) is 22.0. The lowest BCUT2D eigenvalue weighted by Crippen LogP contribution is -2.31. The highest BCUT2D eigenvalue weighted by Gasteiger charge is 2.15. The average Bonchev–Trinajstić information content (AvgIpc) is 3.50. The molecular formula is C24H22N4O5. The summed E-state index contributed by atoms with van der Waals surface area (Å²) in [6.45, 7) is 3.72. The lowest BCUT2D eigenvalue weighted by molar-refractivity contribution is 0.0671. The van der Waals surface area contributed by atoms with E-state index in [1.807, 2.05) is 62.4 Å². The van der Waals surface area contributed by atoms with Gasteiger partial charge in [0.05, 0.1) is 0 Å². The van der Waals surface area contributed by atoms with E-state index in [1.165, 1.54) is 0 Å². The van der Waals surface area contributed by atoms with Crippen molar-refractivity contribution >= 4 is 11.8 Å². The number of nitrogens with one attached hydrogen (secondary N) is 2. The van der Waals surface area contributed by atoms with Crippen molar-refractivity contribution in [1.29, 1.82) is 0 Å². The van der Waals surface area contributed by atoms with Crippen molar-refractivity contribution in [2.75, 3.05) is 13.5 Å². The summed E-state index contributed by atoms with van der Waals surface area (Å²) in [5, 5.41) is 12.7. The molecule has 2 N–H and O–H groups in total. The second kappa shape index (κ2) is 9.92. The van der Waals surface area contributed by atoms with Gasteiger partial charge in [-0.2, -0.15) is 0 Å². The zero-order chi connectivity index (χ0) is 23.2. The molecule has 0 fully saturated rings. The van der Waals surface area contributed by atoms with E-state index in [9.17, 15) is 9.59 Å². The molecule has 0 aliphatic carbocycles. The molecule has 0 saturated carbocycles. The maximum atomic E-state index is 12.2. The second-order valence-electron chi connectivity index (χ2n) is 7.39. The van der Waals surface area contributed by atoms with Gasteiger partial charge in [-0.1, -0.05) is 70.0 Å². The Balaban J connectivity index is 1.20. The summed E-state index contributed by atoms with van der Waals surface area (Å²) >= 11 is 0. The SMILES string of the molecule is Cc1ccc(-c2cc(C(=O)NCOCNC(=O)c3cc(-c4ccc(C)cc4)on3)no2)cc1. The van der Waals surface area contributed by atoms with Gasteiger partial charge in [-0.05, 0) is 13.8 Å². The molecule has 0 saturated heterocycles. The summed E-state index contributed by atoms with van der Waals surface area (Å²) in [5.74, 6) is 0.0715. The number of aromatic nitrogens is 2. The molecule has 9 heteroatoms. The molecule has 4 rings (SSSR count). The van der Waals surface area contributed by atoms with E-state index in [2.05, 4.69) is 20.9 Å². The van der Waals surface area contributed by atoms with Gasteiger partial charge in [0.25, 0.3) is 11.8 Å². The average molecular weight is 446 g/mol. The molecule has 168 valence electrons. The monoisotopic (exact) mass is 446 g/mol. The van der Waals surface area contributed by atoms with Gasteiger partial charge < -0.3 is 24.4 Å². The summed E-state index contributed by atoms with van der Waals surface area (Å²) < 4.78 is 15.7. The standard InChI is InChI=1S/C24H22N4O5/c1-15-3-7-17(8-4-15)21-11-19(27-32-21)23(29)25-13-31-14-26-24(30)20-12-22(33-28-20)18-9-5-16(2)6-10-18/h3-12H,13-14H2,1-2H3,(H,25,29)(H,26,30). The molecule has 2 aromatic heterocycles. The first-order valence-electron chi connectivity index (χ1n) is 10.2. The van der Waals surface area contributed by atoms with Crippen molar-refractivity contribution in [3.63, 3.8) is 0 Å². The van der Waals surface area contributed by atoms with Gasteiger partial charge in [0.1, 0.15) is 13.5 Å². The van der Waals surface area contributed by atoms with Crippen molar-refractivity contribution in [1.82, 2.24) is 20.9 Å². The summed E-state index contributed by atoms with van der Waals surface area (Å²) in [4.78, 5) is 24.4. The van der Waals surface area contributed by atoms with Crippen LogP contribution in [0.25, 0.3) is 22.6 Å². The third kappa shape index (κ3) is 5.52. The van der Waals surface area contributed by atoms with Crippen molar-refractivity contribution in [2.45, 2.75) is 13.8 Å². The molecule has 9 nitrogen and oxygen atoms in total. The second-order valence-corrected chi connectivity index (χ2v) is 7.39. The fourth-order valence-corrected chi connectivity index (χ4v) is 2.94. The largest absolute Gasteiger partial charge is 0.355 e. The van der Waals surface area contributed by atoms with Crippen molar-refractivity contribution in [3.05, 3.63) is 83.2 Å². The van der Waals surface area contributed by atoms with Gasteiger partial charge >= 0.3 is 0 Å². The molecule has 2 aromatic carbocycles. The highest BCUT2D eigenvalue weighted by atomic mass is 16.5. The molecule has 0 radical (unpaired) electrons. The Morgan fingerprint density at radius 3 is 1.52 bits per heavy atom. The first-order chi connectivity index (χ1) is 16.0. The molecule has 0 atom stereocenters. The summed E-state index contributed by atoms with van der Waals surface area (Å²) in [5.41, 5.74) is 4.15. The Kier molecular flexibility index (Phi) is 6.61. The molecule has 2 amide bonds. The van der Waals surface area contributed by atoms with Gasteiger partial charge in [-0.15, -0.1) is 0 Å². The Bertz CT molecular complexity index is 1140. The van der Waals surface area contributed by atoms with Crippen LogP contribution in [0.2, 0.25) is 0 Å². The normalized spacial score (nSPS) is 10.7. The number of nitrogens with zero attached hydrogens (tertiary/aromatic N) is 2. The fourth-order valence-electron chi connectivity index (χ4n) is 2.94. The topological polar surface area (TPSA) is 119 Å². The van der Waals surface area contributed by atoms with E-state index >= 15 is 0 Å². The van der Waals surface area contributed by atoms with Crippen LogP contribution in [-0.2, 0) is 4.74 Å². The molecule has 0 aliphatic heterocycles. The Labute approximate surface area is 189 Å². The highest BCUT2D eigenvalue weighted by Crippen LogP contribution is 2.21. The number of carbonyl (C=O) groups is 2. The van der Waals surface area contributed by atoms with E-state index < -0.39 is 11.8 Å². The van der Waals surface area contributed by atoms with Crippen LogP contribution in [0.3, 0.4) is 0 Å². The van der Waals surface area contributed by atoms with E-state index in [0.29, 0.717) is 11.5 Å². The van der Waals surface area contributed by atoms with Gasteiger partial charge in [-0.3, -0.25) is 9.59 Å². The van der Waals surface area contributed by atoms with E-state index in [0.717, 1.165) is 22.3 Å². The number of hydrogen-bond acceptors (Lipinski definition) is 7. The minimum atomic E-state index is -0.456. The third-order valence-electron chi connectivity index (χ3n) is 4.83. The van der Waals surface area contributed by atoms with Crippen molar-refractivity contribution in [3.8, 4) is 22.6 Å². The minimum Gasteiger partial charge on any atom is -0.355 e. The number of amides is 2. The van der Waals surface area contributed by atoms with Crippen LogP contribution in [0.15, 0.2) is 69.7 Å². The number of hydrogen-bond donors (Lipinski definition) is 2. The minimum absolute atomic E-state index is 0.126. The van der Waals surface area contributed by atoms with Crippen LogP contribution < -0.4 is 10.6 Å². The van der Waals surface area contributed by atoms with Crippen LogP contribution in [0.5, 0.6) is 0 Å². The molecule has 4 aromatic rings. The molecule has 0 spiro atoms. The maximum absolute atomic E-state index is 12.2. The number of benzene rings is 2. The number of ether oxygens (including phenoxy) is 1. The van der Waals surface area contributed by atoms with Crippen LogP contribution in [0, 0.1) is 13.8 Å². The van der Waals surface area contributed by atoms with E-state index in [4.69, 9.17) is 13.8 Å². The Hall–Kier alpha value is -4.24. The smallest absolute Gasteiger partial charge is 0.275 e. The summed E-state index contributed by atoms with van der Waals surface area (Å²) in [6, 6.07) is 18.5. The third-order valence-corrected chi connectivity index (χ3v) is 4.83. The molecule has 0 unspecified atom stereocenters. The summed E-state index contributed by atoms with van der Waals surface area (Å²) in [6.07, 6.45) is 0. The quantitative estimate of drug-likeness (QED) is 0.313. The number of rotatable bonds is 8. The zero-order valence-electron chi connectivity index (χ0n) is 18.1. The lowest BCUT2D eigenvalue weighted by atomic mass is 10.1. The van der Waals surface area contributed by atoms with Crippen molar-refractivity contribution in [2.24, 2.45) is 0 Å². The zero-order valence-corrected chi connectivity index (χ0v) is 18.1. The van der Waals surface area contributed by atoms with Gasteiger partial charge in [-0.25, -0.2) is 0 Å². The van der Waals surface area contributed by atoms with Gasteiger partial charge in [0.15, 0.2) is 22.9 Å². The Morgan fingerprint density at radius 2 is 1.12 bits per heavy atom. The van der Waals surface area contributed by atoms with Crippen LogP contribution in [0.1, 0.15) is 32.1 Å². The number of aryl methyl sites for hydroxylation is 2. The van der Waals surface area contributed by atoms with E-state index in [-0.39, 0.29) is 24.8 Å².